The molecule has 1 aromatic heterocycles. The van der Waals surface area contributed by atoms with Crippen molar-refractivity contribution in [1.82, 2.24) is 20.9 Å². The highest BCUT2D eigenvalue weighted by molar-refractivity contribution is 5.92. The van der Waals surface area contributed by atoms with E-state index in [4.69, 9.17) is 20.9 Å². The number of aliphatic imine (C=N–C) groups is 1. The van der Waals surface area contributed by atoms with E-state index in [1.54, 1.807) is 27.0 Å². The van der Waals surface area contributed by atoms with Crippen LogP contribution in [0.1, 0.15) is 39.2 Å². The molecule has 0 aliphatic rings. The molecule has 1 heterocycles. The highest BCUT2D eigenvalue weighted by Crippen LogP contribution is 2.19. The zero-order chi connectivity index (χ0) is 28.3. The van der Waals surface area contributed by atoms with Crippen LogP contribution in [0.5, 0.6) is 0 Å². The second-order valence-corrected chi connectivity index (χ2v) is 9.57. The predicted molar refractivity (Wildman–Crippen MR) is 142 cm³/mol. The van der Waals surface area contributed by atoms with Crippen molar-refractivity contribution in [3.05, 3.63) is 36.0 Å². The molecule has 38 heavy (non-hydrogen) atoms. The lowest BCUT2D eigenvalue weighted by atomic mass is 10.0. The number of carbonyl (C=O) groups excluding carboxylic acids is 4. The zero-order valence-corrected chi connectivity index (χ0v) is 22.1. The Balaban J connectivity index is 2.11. The molecule has 13 heteroatoms. The van der Waals surface area contributed by atoms with E-state index in [0.717, 1.165) is 16.5 Å². The van der Waals surface area contributed by atoms with Crippen molar-refractivity contribution in [2.75, 3.05) is 20.2 Å². The van der Waals surface area contributed by atoms with Gasteiger partial charge in [-0.15, -0.1) is 0 Å². The molecule has 0 bridgehead atoms. The molecule has 0 aliphatic heterocycles. The lowest BCUT2D eigenvalue weighted by molar-refractivity contribution is -0.145. The number of benzene rings is 1. The van der Waals surface area contributed by atoms with Crippen molar-refractivity contribution in [3.8, 4) is 0 Å². The van der Waals surface area contributed by atoms with Crippen molar-refractivity contribution < 1.29 is 28.7 Å². The van der Waals surface area contributed by atoms with Gasteiger partial charge in [-0.25, -0.2) is 9.59 Å². The summed E-state index contributed by atoms with van der Waals surface area (Å²) in [6, 6.07) is 5.52. The van der Waals surface area contributed by atoms with Gasteiger partial charge in [-0.05, 0) is 45.2 Å². The Hall–Kier alpha value is -4.29. The van der Waals surface area contributed by atoms with Gasteiger partial charge in [0.1, 0.15) is 24.2 Å². The summed E-state index contributed by atoms with van der Waals surface area (Å²) in [6.07, 6.45) is 1.69. The van der Waals surface area contributed by atoms with Gasteiger partial charge in [0, 0.05) is 30.1 Å². The highest BCUT2D eigenvalue weighted by atomic mass is 16.6. The lowest BCUT2D eigenvalue weighted by Crippen LogP contribution is -2.53. The Morgan fingerprint density at radius 3 is 2.45 bits per heavy atom. The molecule has 2 unspecified atom stereocenters. The number of nitrogens with two attached hydrogens (primary N) is 2. The summed E-state index contributed by atoms with van der Waals surface area (Å²) in [5.74, 6) is -1.96. The number of hydrogen-bond acceptors (Lipinski definition) is 7. The highest BCUT2D eigenvalue weighted by Gasteiger charge is 2.28. The first-order valence-electron chi connectivity index (χ1n) is 12.1. The van der Waals surface area contributed by atoms with Crippen LogP contribution >= 0.6 is 0 Å². The van der Waals surface area contributed by atoms with Crippen LogP contribution in [0.3, 0.4) is 0 Å². The van der Waals surface area contributed by atoms with Crippen LogP contribution in [0.25, 0.3) is 10.9 Å². The van der Waals surface area contributed by atoms with E-state index in [2.05, 4.69) is 25.9 Å². The summed E-state index contributed by atoms with van der Waals surface area (Å²) < 4.78 is 10.0. The number of H-pyrrole nitrogens is 1. The number of nitrogens with one attached hydrogen (secondary N) is 4. The molecule has 8 N–H and O–H groups in total. The molecule has 0 radical (unpaired) electrons. The van der Waals surface area contributed by atoms with E-state index in [9.17, 15) is 19.2 Å². The summed E-state index contributed by atoms with van der Waals surface area (Å²) in [7, 11) is 1.23. The summed E-state index contributed by atoms with van der Waals surface area (Å²) >= 11 is 0. The molecule has 0 saturated carbocycles. The van der Waals surface area contributed by atoms with Crippen LogP contribution in [0, 0.1) is 0 Å². The first-order valence-corrected chi connectivity index (χ1v) is 12.1. The molecule has 13 nitrogen and oxygen atoms in total. The van der Waals surface area contributed by atoms with E-state index in [-0.39, 0.29) is 25.3 Å². The van der Waals surface area contributed by atoms with Crippen molar-refractivity contribution in [1.29, 1.82) is 0 Å². The van der Waals surface area contributed by atoms with Gasteiger partial charge in [-0.2, -0.15) is 0 Å². The fraction of sp³-hybridized carbons (Fsp3) is 0.480. The van der Waals surface area contributed by atoms with Crippen molar-refractivity contribution >= 4 is 40.7 Å². The maximum atomic E-state index is 13.2. The zero-order valence-electron chi connectivity index (χ0n) is 22.1. The van der Waals surface area contributed by atoms with Crippen LogP contribution in [0.15, 0.2) is 35.5 Å². The molecule has 0 saturated heterocycles. The Morgan fingerprint density at radius 2 is 1.79 bits per heavy atom. The number of esters is 1. The first kappa shape index (κ1) is 29.9. The maximum absolute atomic E-state index is 13.2. The number of nitrogens with zero attached hydrogens (tertiary/aromatic N) is 1. The van der Waals surface area contributed by atoms with Crippen molar-refractivity contribution in [2.24, 2.45) is 16.5 Å². The topological polar surface area (TPSA) is 203 Å². The number of fused-ring (bicyclic) bond motifs is 1. The van der Waals surface area contributed by atoms with E-state index < -0.39 is 48.1 Å². The van der Waals surface area contributed by atoms with Crippen LogP contribution in [0.4, 0.5) is 4.79 Å². The number of amides is 3. The third kappa shape index (κ3) is 9.99. The standard InChI is InChI=1S/C25H37N7O6/c1-25(2,3)38-24(36)30-14-20(33)31-18(10-7-11-28-23(26)27)21(34)32-19(22(35)37-4)12-15-13-29-17-9-6-5-8-16(15)17/h5-6,8-9,13,18-19,29H,7,10-12,14H2,1-4H3,(H,30,36)(H,31,33)(H,32,34)(H4,26,27,28). The average Bonchev–Trinajstić information content (AvgIpc) is 3.25. The summed E-state index contributed by atoms with van der Waals surface area (Å²) in [6.45, 7) is 4.89. The molecular formula is C25H37N7O6. The molecular weight excluding hydrogens is 494 g/mol. The molecule has 1 aromatic carbocycles. The number of alkyl carbamates (subject to hydrolysis) is 1. The van der Waals surface area contributed by atoms with Crippen molar-refractivity contribution in [2.45, 2.75) is 57.7 Å². The van der Waals surface area contributed by atoms with Gasteiger partial charge >= 0.3 is 12.1 Å². The normalized spacial score (nSPS) is 12.6. The minimum absolute atomic E-state index is 0.0962. The third-order valence-electron chi connectivity index (χ3n) is 5.29. The average molecular weight is 532 g/mol. The molecule has 0 spiro atoms. The molecule has 3 amide bonds. The van der Waals surface area contributed by atoms with E-state index in [1.165, 1.54) is 7.11 Å². The number of rotatable bonds is 12. The monoisotopic (exact) mass is 531 g/mol. The molecule has 208 valence electrons. The van der Waals surface area contributed by atoms with Gasteiger partial charge in [-0.3, -0.25) is 14.6 Å². The Labute approximate surface area is 221 Å². The van der Waals surface area contributed by atoms with Gasteiger partial charge in [0.2, 0.25) is 11.8 Å². The summed E-state index contributed by atoms with van der Waals surface area (Å²) in [4.78, 5) is 57.2. The van der Waals surface area contributed by atoms with Gasteiger partial charge in [0.05, 0.1) is 7.11 Å². The number of carbonyl (C=O) groups is 4. The fourth-order valence-corrected chi connectivity index (χ4v) is 3.61. The quantitative estimate of drug-likeness (QED) is 0.0978. The van der Waals surface area contributed by atoms with Crippen LogP contribution in [0.2, 0.25) is 0 Å². The number of ether oxygens (including phenoxy) is 2. The number of para-hydroxylation sites is 1. The molecule has 2 rings (SSSR count). The SMILES string of the molecule is COC(=O)C(Cc1c[nH]c2ccccc12)NC(=O)C(CCCN=C(N)N)NC(=O)CNC(=O)OC(C)(C)C. The molecule has 0 aliphatic carbocycles. The molecule has 0 fully saturated rings. The predicted octanol–water partition coefficient (Wildman–Crippen LogP) is 0.431. The summed E-state index contributed by atoms with van der Waals surface area (Å²) in [5.41, 5.74) is 11.7. The first-order chi connectivity index (χ1) is 17.9. The Bertz CT molecular complexity index is 1150. The smallest absolute Gasteiger partial charge is 0.408 e. The Morgan fingerprint density at radius 1 is 1.08 bits per heavy atom. The van der Waals surface area contributed by atoms with Gasteiger partial charge in [-0.1, -0.05) is 18.2 Å². The second kappa shape index (κ2) is 13.9. The van der Waals surface area contributed by atoms with E-state index in [0.29, 0.717) is 6.42 Å². The Kier molecular flexibility index (Phi) is 10.9. The number of aromatic amines is 1. The van der Waals surface area contributed by atoms with Crippen LogP contribution in [-0.4, -0.2) is 72.7 Å². The van der Waals surface area contributed by atoms with Gasteiger partial charge in [0.15, 0.2) is 5.96 Å². The van der Waals surface area contributed by atoms with Gasteiger partial charge < -0.3 is 41.9 Å². The molecule has 2 atom stereocenters. The largest absolute Gasteiger partial charge is 0.467 e. The van der Waals surface area contributed by atoms with Gasteiger partial charge in [0.25, 0.3) is 0 Å². The van der Waals surface area contributed by atoms with Crippen molar-refractivity contribution in [3.63, 3.8) is 0 Å². The molecule has 2 aromatic rings. The minimum Gasteiger partial charge on any atom is -0.467 e. The number of methoxy groups -OCH3 is 1. The van der Waals surface area contributed by atoms with E-state index >= 15 is 0 Å². The number of hydrogen-bond donors (Lipinski definition) is 6. The third-order valence-corrected chi connectivity index (χ3v) is 5.29. The second-order valence-electron chi connectivity index (χ2n) is 9.57. The number of aromatic nitrogens is 1. The van der Waals surface area contributed by atoms with E-state index in [1.807, 2.05) is 24.3 Å². The fourth-order valence-electron chi connectivity index (χ4n) is 3.61. The minimum atomic E-state index is -1.03. The lowest BCUT2D eigenvalue weighted by Gasteiger charge is -2.23. The van der Waals surface area contributed by atoms with Crippen LogP contribution in [-0.2, 0) is 30.3 Å². The summed E-state index contributed by atoms with van der Waals surface area (Å²) in [5, 5.41) is 8.52. The maximum Gasteiger partial charge on any atom is 0.408 e. The van der Waals surface area contributed by atoms with Crippen LogP contribution < -0.4 is 27.4 Å². The number of guanidine groups is 1.